The Kier molecular flexibility index (Phi) is 8.56. The van der Waals surface area contributed by atoms with E-state index in [2.05, 4.69) is 20.9 Å². The van der Waals surface area contributed by atoms with Crippen LogP contribution in [0, 0.1) is 11.3 Å². The molecule has 0 amide bonds. The van der Waals surface area contributed by atoms with Crippen molar-refractivity contribution in [2.75, 3.05) is 6.61 Å². The van der Waals surface area contributed by atoms with Gasteiger partial charge in [0.25, 0.3) is 0 Å². The van der Waals surface area contributed by atoms with Crippen molar-refractivity contribution in [3.8, 4) is 11.8 Å². The van der Waals surface area contributed by atoms with Gasteiger partial charge in [-0.3, -0.25) is 4.79 Å². The van der Waals surface area contributed by atoms with Gasteiger partial charge in [-0.2, -0.15) is 5.26 Å². The van der Waals surface area contributed by atoms with Gasteiger partial charge in [0, 0.05) is 6.42 Å². The molecule has 0 saturated carbocycles. The van der Waals surface area contributed by atoms with E-state index in [1.165, 1.54) is 6.08 Å². The molecule has 0 aliphatic carbocycles. The van der Waals surface area contributed by atoms with Gasteiger partial charge < -0.3 is 9.84 Å². The van der Waals surface area contributed by atoms with Gasteiger partial charge in [-0.1, -0.05) is 31.5 Å². The van der Waals surface area contributed by atoms with E-state index in [1.54, 1.807) is 30.3 Å². The van der Waals surface area contributed by atoms with Gasteiger partial charge in [0.15, 0.2) is 12.4 Å². The van der Waals surface area contributed by atoms with Crippen molar-refractivity contribution in [1.29, 1.82) is 5.26 Å². The average Bonchev–Trinajstić information content (AvgIpc) is 2.70. The Bertz CT molecular complexity index is 933. The van der Waals surface area contributed by atoms with Crippen LogP contribution >= 0.6 is 15.9 Å². The highest BCUT2D eigenvalue weighted by Gasteiger charge is 2.19. The number of allylic oxidation sites excluding steroid dienone is 1. The number of carboxylic acid groups (broad SMARTS) is 1. The van der Waals surface area contributed by atoms with E-state index in [0.717, 1.165) is 18.4 Å². The van der Waals surface area contributed by atoms with Crippen LogP contribution in [0.5, 0.6) is 5.75 Å². The lowest BCUT2D eigenvalue weighted by Crippen LogP contribution is -2.10. The molecule has 2 aromatic rings. The molecule has 1 atom stereocenters. The molecule has 0 fully saturated rings. The quantitative estimate of drug-likeness (QED) is 0.314. The third kappa shape index (κ3) is 7.16. The Hall–Kier alpha value is -2.98. The van der Waals surface area contributed by atoms with Crippen LogP contribution in [0.25, 0.3) is 6.08 Å². The van der Waals surface area contributed by atoms with Gasteiger partial charge in [0.1, 0.15) is 16.4 Å². The molecule has 1 heterocycles. The predicted molar refractivity (Wildman–Crippen MR) is 112 cm³/mol. The number of hydrogen-bond donors (Lipinski definition) is 1. The number of aliphatic carboxylic acids is 1. The van der Waals surface area contributed by atoms with Crippen LogP contribution in [0.1, 0.15) is 43.4 Å². The number of carbonyl (C=O) groups is 2. The number of Topliss-reactive ketones (excluding diaryl/α,β-unsaturated/α-hetero) is 1. The van der Waals surface area contributed by atoms with E-state index in [9.17, 15) is 14.9 Å². The van der Waals surface area contributed by atoms with Gasteiger partial charge in [-0.05, 0) is 64.2 Å². The maximum atomic E-state index is 12.7. The molecule has 0 bridgehead atoms. The highest BCUT2D eigenvalue weighted by Crippen LogP contribution is 2.28. The lowest BCUT2D eigenvalue weighted by molar-refractivity contribution is -0.139. The number of carboxylic acids is 1. The average molecular weight is 457 g/mol. The zero-order valence-corrected chi connectivity index (χ0v) is 17.6. The highest BCUT2D eigenvalue weighted by molar-refractivity contribution is 9.10. The second-order valence-electron chi connectivity index (χ2n) is 6.42. The number of hydrogen-bond acceptors (Lipinski definition) is 5. The monoisotopic (exact) mass is 456 g/mol. The predicted octanol–water partition coefficient (Wildman–Crippen LogP) is 4.76. The molecule has 0 aliphatic heterocycles. The number of rotatable bonds is 10. The summed E-state index contributed by atoms with van der Waals surface area (Å²) in [6.07, 6.45) is 3.37. The van der Waals surface area contributed by atoms with Crippen molar-refractivity contribution >= 4 is 33.8 Å². The fraction of sp³-hybridized carbons (Fsp3) is 0.273. The first-order chi connectivity index (χ1) is 13.9. The topological polar surface area (TPSA) is 100 Å². The number of ether oxygens (including phenoxy) is 1. The number of pyridine rings is 1. The fourth-order valence-electron chi connectivity index (χ4n) is 2.88. The van der Waals surface area contributed by atoms with Crippen LogP contribution in [0.3, 0.4) is 0 Å². The van der Waals surface area contributed by atoms with Crippen LogP contribution in [0.15, 0.2) is 52.6 Å². The highest BCUT2D eigenvalue weighted by atomic mass is 79.9. The number of nitriles is 1. The maximum absolute atomic E-state index is 12.7. The molecule has 0 radical (unpaired) electrons. The maximum Gasteiger partial charge on any atom is 0.341 e. The molecule has 0 spiro atoms. The van der Waals surface area contributed by atoms with Crippen molar-refractivity contribution in [1.82, 2.24) is 4.98 Å². The van der Waals surface area contributed by atoms with Crippen molar-refractivity contribution < 1.29 is 19.4 Å². The van der Waals surface area contributed by atoms with Crippen LogP contribution < -0.4 is 4.74 Å². The van der Waals surface area contributed by atoms with E-state index in [-0.39, 0.29) is 23.7 Å². The molecule has 150 valence electrons. The van der Waals surface area contributed by atoms with E-state index in [0.29, 0.717) is 16.0 Å². The zero-order chi connectivity index (χ0) is 21.2. The molecule has 6 nitrogen and oxygen atoms in total. The minimum absolute atomic E-state index is 0.0479. The molecule has 1 aromatic carbocycles. The summed E-state index contributed by atoms with van der Waals surface area (Å²) >= 11 is 3.28. The second-order valence-corrected chi connectivity index (χ2v) is 7.23. The smallest absolute Gasteiger partial charge is 0.341 e. The summed E-state index contributed by atoms with van der Waals surface area (Å²) in [6, 6.07) is 14.3. The summed E-state index contributed by atoms with van der Waals surface area (Å²) in [4.78, 5) is 27.6. The van der Waals surface area contributed by atoms with Gasteiger partial charge in [-0.25, -0.2) is 9.78 Å². The Morgan fingerprint density at radius 3 is 2.59 bits per heavy atom. The Morgan fingerprint density at radius 2 is 2.00 bits per heavy atom. The summed E-state index contributed by atoms with van der Waals surface area (Å²) < 4.78 is 5.78. The standard InChI is InChI=1S/C22H21BrN2O4/c1-2-4-16(15-7-9-19(10-8-15)29-14-22(27)28)12-20(26)17(13-24)11-18-5-3-6-21(23)25-18/h3,5-11,16H,2,4,12,14H2,1H3,(H,27,28)/b17-11+. The summed E-state index contributed by atoms with van der Waals surface area (Å²) in [7, 11) is 0. The Balaban J connectivity index is 2.15. The Labute approximate surface area is 178 Å². The molecule has 29 heavy (non-hydrogen) atoms. The molecule has 0 aliphatic rings. The van der Waals surface area contributed by atoms with Crippen LogP contribution in [0.4, 0.5) is 0 Å². The number of carbonyl (C=O) groups excluding carboxylic acids is 1. The lowest BCUT2D eigenvalue weighted by Gasteiger charge is -2.16. The number of halogens is 1. The molecule has 7 heteroatoms. The van der Waals surface area contributed by atoms with Gasteiger partial charge in [-0.15, -0.1) is 0 Å². The summed E-state index contributed by atoms with van der Waals surface area (Å²) in [5, 5.41) is 18.1. The summed E-state index contributed by atoms with van der Waals surface area (Å²) in [6.45, 7) is 1.63. The van der Waals surface area contributed by atoms with E-state index < -0.39 is 12.6 Å². The number of aromatic nitrogens is 1. The van der Waals surface area contributed by atoms with E-state index >= 15 is 0 Å². The first-order valence-electron chi connectivity index (χ1n) is 9.15. The van der Waals surface area contributed by atoms with E-state index in [4.69, 9.17) is 9.84 Å². The summed E-state index contributed by atoms with van der Waals surface area (Å²) in [5.41, 5.74) is 1.55. The normalized spacial score (nSPS) is 12.1. The molecule has 1 N–H and O–H groups in total. The van der Waals surface area contributed by atoms with Crippen molar-refractivity contribution in [3.05, 3.63) is 63.9 Å². The van der Waals surface area contributed by atoms with Crippen LogP contribution in [-0.2, 0) is 9.59 Å². The van der Waals surface area contributed by atoms with Crippen molar-refractivity contribution in [3.63, 3.8) is 0 Å². The fourth-order valence-corrected chi connectivity index (χ4v) is 3.23. The minimum Gasteiger partial charge on any atom is -0.482 e. The van der Waals surface area contributed by atoms with Crippen LogP contribution in [0.2, 0.25) is 0 Å². The Morgan fingerprint density at radius 1 is 1.28 bits per heavy atom. The number of nitrogens with zero attached hydrogens (tertiary/aromatic N) is 2. The first kappa shape index (κ1) is 22.3. The SMILES string of the molecule is CCCC(CC(=O)/C(C#N)=C/c1cccc(Br)n1)c1ccc(OCC(=O)O)cc1. The molecular formula is C22H21BrN2O4. The molecular weight excluding hydrogens is 436 g/mol. The second kappa shape index (κ2) is 11.1. The lowest BCUT2D eigenvalue weighted by atomic mass is 9.88. The van der Waals surface area contributed by atoms with Crippen LogP contribution in [-0.4, -0.2) is 28.4 Å². The minimum atomic E-state index is -1.04. The molecule has 1 aromatic heterocycles. The molecule has 1 unspecified atom stereocenters. The zero-order valence-electron chi connectivity index (χ0n) is 16.0. The summed E-state index contributed by atoms with van der Waals surface area (Å²) in [5.74, 6) is -0.873. The number of ketones is 1. The van der Waals surface area contributed by atoms with Crippen molar-refractivity contribution in [2.24, 2.45) is 0 Å². The third-order valence-corrected chi connectivity index (χ3v) is 4.67. The largest absolute Gasteiger partial charge is 0.482 e. The number of benzene rings is 1. The van der Waals surface area contributed by atoms with Gasteiger partial charge >= 0.3 is 5.97 Å². The van der Waals surface area contributed by atoms with Gasteiger partial charge in [0.2, 0.25) is 0 Å². The van der Waals surface area contributed by atoms with E-state index in [1.807, 2.05) is 25.1 Å². The third-order valence-electron chi connectivity index (χ3n) is 4.23. The van der Waals surface area contributed by atoms with Crippen molar-refractivity contribution in [2.45, 2.75) is 32.1 Å². The molecule has 2 rings (SSSR count). The molecule has 0 saturated heterocycles. The first-order valence-corrected chi connectivity index (χ1v) is 9.94. The van der Waals surface area contributed by atoms with Gasteiger partial charge in [0.05, 0.1) is 11.3 Å².